The molecule has 0 aromatic carbocycles. The molecule has 2 aliphatic carbocycles. The van der Waals surface area contributed by atoms with Gasteiger partial charge in [0.2, 0.25) is 0 Å². The van der Waals surface area contributed by atoms with Gasteiger partial charge in [0, 0.05) is 17.1 Å². The zero-order valence-corrected chi connectivity index (χ0v) is 9.04. The van der Waals surface area contributed by atoms with Gasteiger partial charge < -0.3 is 5.73 Å². The molecular formula is C11H16N2S. The van der Waals surface area contributed by atoms with Gasteiger partial charge in [-0.2, -0.15) is 0 Å². The summed E-state index contributed by atoms with van der Waals surface area (Å²) in [6.45, 7) is 0. The van der Waals surface area contributed by atoms with Crippen LogP contribution < -0.4 is 5.73 Å². The third-order valence-corrected chi connectivity index (χ3v) is 4.69. The molecule has 2 N–H and O–H groups in total. The second-order valence-corrected chi connectivity index (χ2v) is 5.64. The lowest BCUT2D eigenvalue weighted by atomic mass is 10.0. The van der Waals surface area contributed by atoms with Gasteiger partial charge >= 0.3 is 0 Å². The Labute approximate surface area is 88.5 Å². The van der Waals surface area contributed by atoms with E-state index in [0.717, 1.165) is 24.2 Å². The highest BCUT2D eigenvalue weighted by molar-refractivity contribution is 7.09. The number of thiazole rings is 1. The van der Waals surface area contributed by atoms with Crippen molar-refractivity contribution in [1.29, 1.82) is 0 Å². The van der Waals surface area contributed by atoms with Gasteiger partial charge in [-0.3, -0.25) is 4.98 Å². The highest BCUT2D eigenvalue weighted by Crippen LogP contribution is 2.58. The zero-order valence-electron chi connectivity index (χ0n) is 8.23. The summed E-state index contributed by atoms with van der Waals surface area (Å²) in [5, 5.41) is 0. The maximum atomic E-state index is 6.24. The molecule has 0 bridgehead atoms. The first-order chi connectivity index (χ1) is 6.86. The number of hydrogen-bond donors (Lipinski definition) is 1. The van der Waals surface area contributed by atoms with Crippen LogP contribution in [0.3, 0.4) is 0 Å². The number of aromatic nitrogens is 1. The molecule has 2 fully saturated rings. The van der Waals surface area contributed by atoms with Crippen LogP contribution in [-0.2, 0) is 6.42 Å². The van der Waals surface area contributed by atoms with E-state index >= 15 is 0 Å². The topological polar surface area (TPSA) is 38.9 Å². The molecule has 2 saturated carbocycles. The molecule has 1 aromatic heterocycles. The standard InChI is InChI=1S/C11H16N2S/c12-10(4-7-5-13-6-14-7)11-8-2-1-3-9(8)11/h5-6,8-11H,1-4,12H2. The fourth-order valence-electron chi connectivity index (χ4n) is 3.22. The van der Waals surface area contributed by atoms with E-state index in [0.29, 0.717) is 6.04 Å². The smallest absolute Gasteiger partial charge is 0.0794 e. The Balaban J connectivity index is 1.59. The minimum atomic E-state index is 0.394. The highest BCUT2D eigenvalue weighted by Gasteiger charge is 2.54. The first-order valence-corrected chi connectivity index (χ1v) is 6.37. The number of rotatable bonds is 3. The normalized spacial score (nSPS) is 36.8. The Morgan fingerprint density at radius 3 is 2.93 bits per heavy atom. The van der Waals surface area contributed by atoms with Gasteiger partial charge in [0.05, 0.1) is 5.51 Å². The molecule has 1 aromatic rings. The molecule has 2 nitrogen and oxygen atoms in total. The van der Waals surface area contributed by atoms with Crippen LogP contribution in [0.15, 0.2) is 11.7 Å². The van der Waals surface area contributed by atoms with Crippen molar-refractivity contribution in [3.05, 3.63) is 16.6 Å². The third-order valence-electron chi connectivity index (χ3n) is 3.89. The van der Waals surface area contributed by atoms with Crippen LogP contribution in [0.4, 0.5) is 0 Å². The third kappa shape index (κ3) is 1.39. The quantitative estimate of drug-likeness (QED) is 0.825. The summed E-state index contributed by atoms with van der Waals surface area (Å²) in [4.78, 5) is 5.44. The maximum absolute atomic E-state index is 6.24. The van der Waals surface area contributed by atoms with Crippen molar-refractivity contribution < 1.29 is 0 Å². The number of nitrogens with two attached hydrogens (primary N) is 1. The van der Waals surface area contributed by atoms with E-state index in [4.69, 9.17) is 5.73 Å². The molecule has 0 radical (unpaired) electrons. The van der Waals surface area contributed by atoms with Crippen LogP contribution in [0.2, 0.25) is 0 Å². The second-order valence-electron chi connectivity index (χ2n) is 4.67. The maximum Gasteiger partial charge on any atom is 0.0794 e. The molecule has 0 saturated heterocycles. The number of nitrogens with zero attached hydrogens (tertiary/aromatic N) is 1. The summed E-state index contributed by atoms with van der Waals surface area (Å²) in [5.74, 6) is 2.81. The Morgan fingerprint density at radius 1 is 1.50 bits per heavy atom. The molecule has 0 aliphatic heterocycles. The summed E-state index contributed by atoms with van der Waals surface area (Å²) in [6.07, 6.45) is 7.32. The second kappa shape index (κ2) is 3.31. The average molecular weight is 208 g/mol. The van der Waals surface area contributed by atoms with Crippen molar-refractivity contribution >= 4 is 11.3 Å². The van der Waals surface area contributed by atoms with Crippen LogP contribution in [0.5, 0.6) is 0 Å². The predicted molar refractivity (Wildman–Crippen MR) is 58.1 cm³/mol. The van der Waals surface area contributed by atoms with Crippen molar-refractivity contribution in [3.63, 3.8) is 0 Å². The monoisotopic (exact) mass is 208 g/mol. The van der Waals surface area contributed by atoms with Gasteiger partial charge in [-0.1, -0.05) is 6.42 Å². The zero-order chi connectivity index (χ0) is 9.54. The minimum Gasteiger partial charge on any atom is -0.327 e. The van der Waals surface area contributed by atoms with Crippen LogP contribution in [0.25, 0.3) is 0 Å². The highest BCUT2D eigenvalue weighted by atomic mass is 32.1. The van der Waals surface area contributed by atoms with Crippen molar-refractivity contribution in [2.24, 2.45) is 23.5 Å². The molecular weight excluding hydrogens is 192 g/mol. The molecule has 2 aliphatic rings. The van der Waals surface area contributed by atoms with Gasteiger partial charge in [0.1, 0.15) is 0 Å². The molecule has 0 amide bonds. The van der Waals surface area contributed by atoms with Gasteiger partial charge in [0.25, 0.3) is 0 Å². The first kappa shape index (κ1) is 8.86. The fourth-order valence-corrected chi connectivity index (χ4v) is 3.89. The fraction of sp³-hybridized carbons (Fsp3) is 0.727. The first-order valence-electron chi connectivity index (χ1n) is 5.49. The molecule has 1 heterocycles. The molecule has 3 unspecified atom stereocenters. The lowest BCUT2D eigenvalue weighted by Gasteiger charge is -2.11. The van der Waals surface area contributed by atoms with Gasteiger partial charge in [-0.15, -0.1) is 11.3 Å². The van der Waals surface area contributed by atoms with E-state index in [2.05, 4.69) is 4.98 Å². The van der Waals surface area contributed by atoms with Crippen LogP contribution in [-0.4, -0.2) is 11.0 Å². The molecule has 3 heteroatoms. The number of hydrogen-bond acceptors (Lipinski definition) is 3. The Bertz CT molecular complexity index is 299. The largest absolute Gasteiger partial charge is 0.327 e. The average Bonchev–Trinajstić information content (AvgIpc) is 2.63. The van der Waals surface area contributed by atoms with Gasteiger partial charge in [-0.25, -0.2) is 0 Å². The summed E-state index contributed by atoms with van der Waals surface area (Å²) in [5.41, 5.74) is 8.14. The van der Waals surface area contributed by atoms with E-state index in [-0.39, 0.29) is 0 Å². The Morgan fingerprint density at radius 2 is 2.29 bits per heavy atom. The predicted octanol–water partition coefficient (Wildman–Crippen LogP) is 2.06. The summed E-state index contributed by atoms with van der Waals surface area (Å²) in [6, 6.07) is 0.394. The van der Waals surface area contributed by atoms with E-state index in [9.17, 15) is 0 Å². The summed E-state index contributed by atoms with van der Waals surface area (Å²) >= 11 is 1.73. The molecule has 3 rings (SSSR count). The van der Waals surface area contributed by atoms with Crippen molar-refractivity contribution in [2.45, 2.75) is 31.7 Å². The van der Waals surface area contributed by atoms with Crippen LogP contribution in [0, 0.1) is 17.8 Å². The van der Waals surface area contributed by atoms with Crippen molar-refractivity contribution in [3.8, 4) is 0 Å². The Hall–Kier alpha value is -0.410. The SMILES string of the molecule is NC(Cc1cncs1)C1C2CCCC21. The molecule has 0 spiro atoms. The van der Waals surface area contributed by atoms with Crippen molar-refractivity contribution in [2.75, 3.05) is 0 Å². The molecule has 3 atom stereocenters. The van der Waals surface area contributed by atoms with E-state index in [1.54, 1.807) is 11.3 Å². The lowest BCUT2D eigenvalue weighted by molar-refractivity contribution is 0.486. The van der Waals surface area contributed by atoms with Crippen LogP contribution in [0.1, 0.15) is 24.1 Å². The van der Waals surface area contributed by atoms with Crippen molar-refractivity contribution in [1.82, 2.24) is 4.98 Å². The van der Waals surface area contributed by atoms with Crippen LogP contribution >= 0.6 is 11.3 Å². The van der Waals surface area contributed by atoms with E-state index in [1.165, 1.54) is 24.1 Å². The summed E-state index contributed by atoms with van der Waals surface area (Å²) < 4.78 is 0. The molecule has 14 heavy (non-hydrogen) atoms. The van der Waals surface area contributed by atoms with E-state index in [1.807, 2.05) is 11.7 Å². The number of fused-ring (bicyclic) bond motifs is 1. The lowest BCUT2D eigenvalue weighted by Crippen LogP contribution is -2.27. The summed E-state index contributed by atoms with van der Waals surface area (Å²) in [7, 11) is 0. The Kier molecular flexibility index (Phi) is 2.10. The van der Waals surface area contributed by atoms with Gasteiger partial charge in [-0.05, 0) is 37.0 Å². The van der Waals surface area contributed by atoms with Gasteiger partial charge in [0.15, 0.2) is 0 Å². The minimum absolute atomic E-state index is 0.394. The van der Waals surface area contributed by atoms with E-state index < -0.39 is 0 Å². The molecule has 76 valence electrons.